The molecule has 7 heteroatoms. The van der Waals surface area contributed by atoms with Gasteiger partial charge in [-0.2, -0.15) is 0 Å². The van der Waals surface area contributed by atoms with E-state index in [-0.39, 0.29) is 30.3 Å². The summed E-state index contributed by atoms with van der Waals surface area (Å²) in [6, 6.07) is 14.0. The van der Waals surface area contributed by atoms with Crippen molar-refractivity contribution in [3.05, 3.63) is 71.0 Å². The van der Waals surface area contributed by atoms with E-state index in [1.54, 1.807) is 7.11 Å². The molecule has 0 N–H and O–H groups in total. The van der Waals surface area contributed by atoms with Crippen molar-refractivity contribution >= 4 is 5.97 Å². The number of nitrogens with zero attached hydrogens (tertiary/aromatic N) is 1. The molecule has 7 nitrogen and oxygen atoms in total. The molecule has 7 rings (SSSR count). The quantitative estimate of drug-likeness (QED) is 0.510. The summed E-state index contributed by atoms with van der Waals surface area (Å²) >= 11 is 0. The first-order chi connectivity index (χ1) is 16.7. The second-order valence-corrected chi connectivity index (χ2v) is 9.71. The minimum Gasteiger partial charge on any atom is -0.497 e. The zero-order valence-corrected chi connectivity index (χ0v) is 19.1. The molecule has 2 aromatic carbocycles. The van der Waals surface area contributed by atoms with Crippen molar-refractivity contribution in [3.63, 3.8) is 0 Å². The largest absolute Gasteiger partial charge is 0.497 e. The molecule has 4 aliphatic heterocycles. The second-order valence-electron chi connectivity index (χ2n) is 9.71. The summed E-state index contributed by atoms with van der Waals surface area (Å²) in [4.78, 5) is 15.8. The third-order valence-electron chi connectivity index (χ3n) is 8.06. The molecule has 5 aliphatic rings. The molecule has 1 aliphatic carbocycles. The Morgan fingerprint density at radius 3 is 2.76 bits per heavy atom. The summed E-state index contributed by atoms with van der Waals surface area (Å²) in [5.41, 5.74) is 3.13. The lowest BCUT2D eigenvalue weighted by molar-refractivity contribution is -0.151. The van der Waals surface area contributed by atoms with E-state index in [0.717, 1.165) is 55.0 Å². The maximum absolute atomic E-state index is 13.3. The molecule has 4 heterocycles. The van der Waals surface area contributed by atoms with Crippen molar-refractivity contribution in [2.45, 2.75) is 49.0 Å². The third-order valence-corrected chi connectivity index (χ3v) is 8.06. The van der Waals surface area contributed by atoms with Gasteiger partial charge < -0.3 is 23.7 Å². The zero-order valence-electron chi connectivity index (χ0n) is 19.1. The van der Waals surface area contributed by atoms with Crippen molar-refractivity contribution < 1.29 is 28.5 Å². The van der Waals surface area contributed by atoms with Gasteiger partial charge in [0.1, 0.15) is 11.9 Å². The molecule has 5 atom stereocenters. The minimum absolute atomic E-state index is 0.0742. The highest BCUT2D eigenvalue weighted by Crippen LogP contribution is 2.56. The van der Waals surface area contributed by atoms with Crippen LogP contribution in [0.15, 0.2) is 54.3 Å². The van der Waals surface area contributed by atoms with Gasteiger partial charge in [0.15, 0.2) is 23.7 Å². The average Bonchev–Trinajstić information content (AvgIpc) is 3.26. The third kappa shape index (κ3) is 2.93. The first-order valence-corrected chi connectivity index (χ1v) is 12.0. The second kappa shape index (κ2) is 7.48. The fourth-order valence-electron chi connectivity index (χ4n) is 6.47. The molecule has 2 fully saturated rings. The standard InChI is InChI=1S/C27H27NO6/c1-30-21-14-27-9-5-10-28(27)11-8-17-12-19-20(32-15-31-19)13-18(17)22(27)24(21)34-26(29)25-23(33-25)16-6-3-2-4-7-16/h2-4,6-7,12-14,22-25H,5,8-11,15H2,1H3/t22-,23?,24?,25?,27+/m1/s1. The van der Waals surface area contributed by atoms with Gasteiger partial charge in [-0.1, -0.05) is 30.3 Å². The minimum atomic E-state index is -0.585. The number of epoxide rings is 1. The molecular weight excluding hydrogens is 434 g/mol. The number of fused-ring (bicyclic) bond motifs is 3. The lowest BCUT2D eigenvalue weighted by atomic mass is 9.77. The van der Waals surface area contributed by atoms with Crippen LogP contribution in [0.4, 0.5) is 0 Å². The van der Waals surface area contributed by atoms with E-state index in [1.807, 2.05) is 30.3 Å². The fraction of sp³-hybridized carbons (Fsp3) is 0.444. The molecule has 0 amide bonds. The predicted molar refractivity (Wildman–Crippen MR) is 122 cm³/mol. The van der Waals surface area contributed by atoms with Crippen LogP contribution in [-0.4, -0.2) is 55.6 Å². The van der Waals surface area contributed by atoms with Gasteiger partial charge >= 0.3 is 5.97 Å². The van der Waals surface area contributed by atoms with Crippen molar-refractivity contribution in [1.82, 2.24) is 4.90 Å². The Morgan fingerprint density at radius 2 is 1.94 bits per heavy atom. The van der Waals surface area contributed by atoms with E-state index in [2.05, 4.69) is 23.1 Å². The highest BCUT2D eigenvalue weighted by atomic mass is 16.7. The van der Waals surface area contributed by atoms with Gasteiger partial charge in [-0.05, 0) is 60.7 Å². The maximum Gasteiger partial charge on any atom is 0.339 e. The molecule has 0 bridgehead atoms. The summed E-state index contributed by atoms with van der Waals surface area (Å²) < 4.78 is 29.2. The van der Waals surface area contributed by atoms with Crippen LogP contribution in [0.2, 0.25) is 0 Å². The molecule has 2 aromatic rings. The predicted octanol–water partition coefficient (Wildman–Crippen LogP) is 3.49. The van der Waals surface area contributed by atoms with Gasteiger partial charge in [-0.15, -0.1) is 0 Å². The van der Waals surface area contributed by atoms with E-state index in [0.29, 0.717) is 5.76 Å². The Morgan fingerprint density at radius 1 is 1.12 bits per heavy atom. The number of hydrogen-bond acceptors (Lipinski definition) is 7. The van der Waals surface area contributed by atoms with Crippen molar-refractivity contribution in [1.29, 1.82) is 0 Å². The summed E-state index contributed by atoms with van der Waals surface area (Å²) in [7, 11) is 1.66. The number of methoxy groups -OCH3 is 1. The average molecular weight is 462 g/mol. The summed E-state index contributed by atoms with van der Waals surface area (Å²) in [5, 5.41) is 0. The topological polar surface area (TPSA) is 69.8 Å². The number of carbonyl (C=O) groups excluding carboxylic acids is 1. The Labute approximate surface area is 198 Å². The Kier molecular flexibility index (Phi) is 4.48. The molecular formula is C27H27NO6. The number of rotatable bonds is 4. The van der Waals surface area contributed by atoms with E-state index >= 15 is 0 Å². The van der Waals surface area contributed by atoms with Crippen LogP contribution in [0.3, 0.4) is 0 Å². The molecule has 0 saturated carbocycles. The molecule has 1 spiro atoms. The zero-order chi connectivity index (χ0) is 22.9. The van der Waals surface area contributed by atoms with Crippen LogP contribution in [0.5, 0.6) is 11.5 Å². The molecule has 2 saturated heterocycles. The van der Waals surface area contributed by atoms with E-state index in [9.17, 15) is 4.79 Å². The molecule has 0 radical (unpaired) electrons. The van der Waals surface area contributed by atoms with Crippen LogP contribution in [0.1, 0.15) is 41.6 Å². The van der Waals surface area contributed by atoms with Crippen molar-refractivity contribution in [2.24, 2.45) is 0 Å². The molecule has 34 heavy (non-hydrogen) atoms. The normalized spacial score (nSPS) is 32.8. The van der Waals surface area contributed by atoms with Crippen LogP contribution in [0, 0.1) is 0 Å². The Hall–Kier alpha value is -3.03. The van der Waals surface area contributed by atoms with Gasteiger partial charge in [-0.25, -0.2) is 4.79 Å². The number of ether oxygens (including phenoxy) is 5. The molecule has 176 valence electrons. The van der Waals surface area contributed by atoms with Crippen LogP contribution in [0.25, 0.3) is 0 Å². The van der Waals surface area contributed by atoms with Gasteiger partial charge in [-0.3, -0.25) is 4.90 Å². The molecule has 3 unspecified atom stereocenters. The smallest absolute Gasteiger partial charge is 0.339 e. The highest BCUT2D eigenvalue weighted by molar-refractivity contribution is 5.79. The summed E-state index contributed by atoms with van der Waals surface area (Å²) in [6.07, 6.45) is 3.88. The van der Waals surface area contributed by atoms with Crippen LogP contribution >= 0.6 is 0 Å². The van der Waals surface area contributed by atoms with Crippen molar-refractivity contribution in [2.75, 3.05) is 27.0 Å². The lowest BCUT2D eigenvalue weighted by Crippen LogP contribution is -2.47. The van der Waals surface area contributed by atoms with E-state index in [1.165, 1.54) is 5.56 Å². The highest BCUT2D eigenvalue weighted by Gasteiger charge is 2.59. The number of esters is 1. The van der Waals surface area contributed by atoms with Gasteiger partial charge in [0.2, 0.25) is 6.79 Å². The summed E-state index contributed by atoms with van der Waals surface area (Å²) in [5.74, 6) is 1.85. The van der Waals surface area contributed by atoms with E-state index in [4.69, 9.17) is 23.7 Å². The van der Waals surface area contributed by atoms with Gasteiger partial charge in [0, 0.05) is 6.54 Å². The van der Waals surface area contributed by atoms with Gasteiger partial charge in [0.05, 0.1) is 18.6 Å². The van der Waals surface area contributed by atoms with Gasteiger partial charge in [0.25, 0.3) is 0 Å². The SMILES string of the molecule is COC1=C[C@]23CCCN2CCc2cc4c(cc2[C@@H]3C1OC(=O)C1OC1c1ccccc1)OCO4. The first kappa shape index (κ1) is 20.4. The maximum atomic E-state index is 13.3. The number of benzene rings is 2. The van der Waals surface area contributed by atoms with Crippen LogP contribution < -0.4 is 9.47 Å². The van der Waals surface area contributed by atoms with E-state index < -0.39 is 12.2 Å². The van der Waals surface area contributed by atoms with Crippen molar-refractivity contribution in [3.8, 4) is 11.5 Å². The first-order valence-electron chi connectivity index (χ1n) is 12.0. The van der Waals surface area contributed by atoms with Crippen LogP contribution in [-0.2, 0) is 25.4 Å². The Balaban J connectivity index is 1.25. The molecule has 0 aromatic heterocycles. The monoisotopic (exact) mass is 461 g/mol. The Bertz CT molecular complexity index is 1180. The number of carbonyl (C=O) groups is 1. The fourth-order valence-corrected chi connectivity index (χ4v) is 6.47. The number of hydrogen-bond donors (Lipinski definition) is 0. The summed E-state index contributed by atoms with van der Waals surface area (Å²) in [6.45, 7) is 2.20. The lowest BCUT2D eigenvalue weighted by Gasteiger charge is -2.39.